The molecular formula is C24H23Cl2N3O3. The fraction of sp³-hybridized carbons (Fsp3) is 0.250. The number of hydrogen-bond donors (Lipinski definition) is 1. The molecule has 4 rings (SSSR count). The molecule has 1 fully saturated rings. The number of benzene rings is 2. The van der Waals surface area contributed by atoms with E-state index >= 15 is 0 Å². The Labute approximate surface area is 196 Å². The zero-order chi connectivity index (χ0) is 22.8. The molecule has 2 heterocycles. The van der Waals surface area contributed by atoms with Crippen LogP contribution in [-0.2, 0) is 4.79 Å². The van der Waals surface area contributed by atoms with Crippen molar-refractivity contribution < 1.29 is 14.0 Å². The summed E-state index contributed by atoms with van der Waals surface area (Å²) in [6.45, 7) is 5.97. The molecule has 0 unspecified atom stereocenters. The van der Waals surface area contributed by atoms with Gasteiger partial charge in [0.05, 0.1) is 16.4 Å². The Balaban J connectivity index is 1.53. The number of furan rings is 1. The van der Waals surface area contributed by atoms with Crippen molar-refractivity contribution in [2.75, 3.05) is 36.4 Å². The van der Waals surface area contributed by atoms with Crippen molar-refractivity contribution in [3.63, 3.8) is 0 Å². The Morgan fingerprint density at radius 2 is 1.72 bits per heavy atom. The lowest BCUT2D eigenvalue weighted by atomic mass is 10.1. The molecule has 1 aromatic heterocycles. The third-order valence-corrected chi connectivity index (χ3v) is 6.27. The summed E-state index contributed by atoms with van der Waals surface area (Å²) in [4.78, 5) is 28.4. The van der Waals surface area contributed by atoms with Crippen LogP contribution in [0.3, 0.4) is 0 Å². The minimum absolute atomic E-state index is 0.0563. The van der Waals surface area contributed by atoms with Crippen LogP contribution in [0.1, 0.15) is 23.0 Å². The summed E-state index contributed by atoms with van der Waals surface area (Å²) in [7, 11) is 0. The minimum atomic E-state index is -0.375. The largest absolute Gasteiger partial charge is 0.451 e. The monoisotopic (exact) mass is 471 g/mol. The summed E-state index contributed by atoms with van der Waals surface area (Å²) in [6.07, 6.45) is 0. The summed E-state index contributed by atoms with van der Waals surface area (Å²) in [5.41, 5.74) is 3.10. The maximum absolute atomic E-state index is 12.9. The van der Waals surface area contributed by atoms with E-state index in [1.165, 1.54) is 0 Å². The second-order valence-corrected chi connectivity index (χ2v) is 8.53. The molecule has 1 aliphatic heterocycles. The molecular weight excluding hydrogens is 449 g/mol. The highest BCUT2D eigenvalue weighted by Gasteiger charge is 2.24. The molecule has 2 aromatic carbocycles. The predicted molar refractivity (Wildman–Crippen MR) is 128 cm³/mol. The Morgan fingerprint density at radius 3 is 2.41 bits per heavy atom. The Bertz CT molecular complexity index is 1170. The van der Waals surface area contributed by atoms with Crippen LogP contribution < -0.4 is 10.2 Å². The smallest absolute Gasteiger partial charge is 0.291 e. The first-order chi connectivity index (χ1) is 15.3. The van der Waals surface area contributed by atoms with Crippen molar-refractivity contribution in [3.05, 3.63) is 69.9 Å². The number of anilines is 2. The number of nitrogens with zero attached hydrogens (tertiary/aromatic N) is 2. The molecule has 0 bridgehead atoms. The molecule has 1 aliphatic rings. The van der Waals surface area contributed by atoms with Gasteiger partial charge in [-0.1, -0.05) is 41.4 Å². The fourth-order valence-corrected chi connectivity index (χ4v) is 4.20. The van der Waals surface area contributed by atoms with Gasteiger partial charge in [0.25, 0.3) is 5.91 Å². The van der Waals surface area contributed by atoms with E-state index in [2.05, 4.69) is 10.2 Å². The molecule has 0 aliphatic carbocycles. The van der Waals surface area contributed by atoms with Gasteiger partial charge in [-0.05, 0) is 42.8 Å². The van der Waals surface area contributed by atoms with Gasteiger partial charge in [0.15, 0.2) is 5.76 Å². The molecule has 32 heavy (non-hydrogen) atoms. The number of piperazine rings is 1. The van der Waals surface area contributed by atoms with Crippen LogP contribution in [0.4, 0.5) is 11.4 Å². The number of aryl methyl sites for hydroxylation is 1. The summed E-state index contributed by atoms with van der Waals surface area (Å²) >= 11 is 12.7. The van der Waals surface area contributed by atoms with Crippen LogP contribution in [0.15, 0.2) is 52.9 Å². The highest BCUT2D eigenvalue weighted by molar-refractivity contribution is 6.34. The molecule has 8 heteroatoms. The van der Waals surface area contributed by atoms with E-state index in [4.69, 9.17) is 27.6 Å². The quantitative estimate of drug-likeness (QED) is 0.546. The average Bonchev–Trinajstić information content (AvgIpc) is 3.26. The van der Waals surface area contributed by atoms with Gasteiger partial charge in [-0.15, -0.1) is 0 Å². The summed E-state index contributed by atoms with van der Waals surface area (Å²) in [5.74, 6) is 0.425. The summed E-state index contributed by atoms with van der Waals surface area (Å²) in [6, 6.07) is 14.4. The van der Waals surface area contributed by atoms with Crippen LogP contribution in [0, 0.1) is 6.92 Å². The standard InChI is InChI=1S/C24H23Cl2N3O3/c1-15-6-7-17(14-19(15)26)21-8-9-22(32-21)24(31)27-20-5-3-4-18(25)23(20)29-12-10-28(11-13-29)16(2)30/h3-9,14H,10-13H2,1-2H3,(H,27,31). The lowest BCUT2D eigenvalue weighted by Gasteiger charge is -2.36. The lowest BCUT2D eigenvalue weighted by Crippen LogP contribution is -2.48. The van der Waals surface area contributed by atoms with Gasteiger partial charge >= 0.3 is 0 Å². The fourth-order valence-electron chi connectivity index (χ4n) is 3.73. The highest BCUT2D eigenvalue weighted by Crippen LogP contribution is 2.35. The second-order valence-electron chi connectivity index (χ2n) is 7.71. The van der Waals surface area contributed by atoms with E-state index in [9.17, 15) is 9.59 Å². The molecule has 6 nitrogen and oxygen atoms in total. The molecule has 3 aromatic rings. The normalized spacial score (nSPS) is 13.9. The van der Waals surface area contributed by atoms with E-state index in [1.807, 2.05) is 25.1 Å². The zero-order valence-corrected chi connectivity index (χ0v) is 19.3. The van der Waals surface area contributed by atoms with Crippen molar-refractivity contribution in [2.24, 2.45) is 0 Å². The van der Waals surface area contributed by atoms with Gasteiger partial charge in [0.2, 0.25) is 5.91 Å². The van der Waals surface area contributed by atoms with Gasteiger partial charge in [0, 0.05) is 43.7 Å². The predicted octanol–water partition coefficient (Wildman–Crippen LogP) is 5.48. The summed E-state index contributed by atoms with van der Waals surface area (Å²) in [5, 5.41) is 4.09. The first-order valence-electron chi connectivity index (χ1n) is 10.3. The molecule has 1 saturated heterocycles. The number of para-hydroxylation sites is 1. The first kappa shape index (κ1) is 22.2. The summed E-state index contributed by atoms with van der Waals surface area (Å²) < 4.78 is 5.79. The first-order valence-corrected chi connectivity index (χ1v) is 11.1. The highest BCUT2D eigenvalue weighted by atomic mass is 35.5. The van der Waals surface area contributed by atoms with Crippen molar-refractivity contribution in [3.8, 4) is 11.3 Å². The molecule has 2 amide bonds. The van der Waals surface area contributed by atoms with Crippen molar-refractivity contribution in [2.45, 2.75) is 13.8 Å². The van der Waals surface area contributed by atoms with Gasteiger partial charge < -0.3 is 19.5 Å². The maximum Gasteiger partial charge on any atom is 0.291 e. The number of carbonyl (C=O) groups excluding carboxylic acids is 2. The molecule has 1 N–H and O–H groups in total. The number of amides is 2. The van der Waals surface area contributed by atoms with Crippen LogP contribution in [0.25, 0.3) is 11.3 Å². The van der Waals surface area contributed by atoms with E-state index in [1.54, 1.807) is 42.2 Å². The second kappa shape index (κ2) is 9.27. The van der Waals surface area contributed by atoms with Crippen LogP contribution >= 0.6 is 23.2 Å². The Morgan fingerprint density at radius 1 is 0.969 bits per heavy atom. The SMILES string of the molecule is CC(=O)N1CCN(c2c(Cl)cccc2NC(=O)c2ccc(-c3ccc(C)c(Cl)c3)o2)CC1. The topological polar surface area (TPSA) is 65.8 Å². The van der Waals surface area contributed by atoms with Gasteiger partial charge in [-0.2, -0.15) is 0 Å². The van der Waals surface area contributed by atoms with E-state index in [0.29, 0.717) is 47.7 Å². The van der Waals surface area contributed by atoms with Gasteiger partial charge in [-0.3, -0.25) is 9.59 Å². The van der Waals surface area contributed by atoms with E-state index < -0.39 is 0 Å². The molecule has 166 valence electrons. The third-order valence-electron chi connectivity index (χ3n) is 5.56. The maximum atomic E-state index is 12.9. The van der Waals surface area contributed by atoms with E-state index in [0.717, 1.165) is 16.8 Å². The van der Waals surface area contributed by atoms with Crippen LogP contribution in [0.5, 0.6) is 0 Å². The number of hydrogen-bond acceptors (Lipinski definition) is 4. The van der Waals surface area contributed by atoms with E-state index in [-0.39, 0.29) is 17.6 Å². The van der Waals surface area contributed by atoms with Crippen molar-refractivity contribution >= 4 is 46.4 Å². The van der Waals surface area contributed by atoms with Crippen molar-refractivity contribution in [1.29, 1.82) is 0 Å². The van der Waals surface area contributed by atoms with Gasteiger partial charge in [0.1, 0.15) is 5.76 Å². The molecule has 0 spiro atoms. The molecule has 0 saturated carbocycles. The van der Waals surface area contributed by atoms with Gasteiger partial charge in [-0.25, -0.2) is 0 Å². The number of rotatable bonds is 4. The minimum Gasteiger partial charge on any atom is -0.451 e. The average molecular weight is 472 g/mol. The van der Waals surface area contributed by atoms with Crippen LogP contribution in [-0.4, -0.2) is 42.9 Å². The number of halogens is 2. The number of nitrogens with one attached hydrogen (secondary N) is 1. The lowest BCUT2D eigenvalue weighted by molar-refractivity contribution is -0.129. The number of carbonyl (C=O) groups is 2. The molecule has 0 radical (unpaired) electrons. The van der Waals surface area contributed by atoms with Crippen LogP contribution in [0.2, 0.25) is 10.0 Å². The van der Waals surface area contributed by atoms with Crippen molar-refractivity contribution in [1.82, 2.24) is 4.90 Å². The Hall–Kier alpha value is -2.96. The Kier molecular flexibility index (Phi) is 6.44. The zero-order valence-electron chi connectivity index (χ0n) is 17.8. The third kappa shape index (κ3) is 4.61. The molecule has 0 atom stereocenters.